The quantitative estimate of drug-likeness (QED) is 0.826. The van der Waals surface area contributed by atoms with Crippen molar-refractivity contribution in [1.29, 1.82) is 0 Å². The summed E-state index contributed by atoms with van der Waals surface area (Å²) in [6.45, 7) is 1.99. The number of halogens is 2. The van der Waals surface area contributed by atoms with Crippen LogP contribution in [0.15, 0.2) is 48.5 Å². The number of hydrogen-bond donors (Lipinski definition) is 1. The second-order valence-electron chi connectivity index (χ2n) is 6.86. The molecule has 2 aromatic rings. The highest BCUT2D eigenvalue weighted by Gasteiger charge is 2.44. The van der Waals surface area contributed by atoms with Crippen LogP contribution in [0, 0.1) is 11.6 Å². The topological polar surface area (TPSA) is 66.5 Å². The molecule has 0 atom stereocenters. The van der Waals surface area contributed by atoms with Gasteiger partial charge in [-0.25, -0.2) is 21.5 Å². The third-order valence-electron chi connectivity index (χ3n) is 5.22. The molecule has 0 unspecified atom stereocenters. The summed E-state index contributed by atoms with van der Waals surface area (Å²) in [6.07, 6.45) is 0.555. The average molecular weight is 408 g/mol. The molecule has 0 aromatic heterocycles. The highest BCUT2D eigenvalue weighted by atomic mass is 32.2. The summed E-state index contributed by atoms with van der Waals surface area (Å²) >= 11 is 0. The molecule has 1 aliphatic rings. The van der Waals surface area contributed by atoms with E-state index >= 15 is 0 Å². The van der Waals surface area contributed by atoms with Crippen molar-refractivity contribution in [3.05, 3.63) is 65.7 Å². The summed E-state index contributed by atoms with van der Waals surface area (Å²) in [5.41, 5.74) is -0.205. The number of hydrogen-bond acceptors (Lipinski definition) is 3. The second-order valence-corrected chi connectivity index (χ2v) is 9.12. The van der Waals surface area contributed by atoms with Crippen LogP contribution in [-0.4, -0.2) is 37.5 Å². The predicted molar refractivity (Wildman–Crippen MR) is 103 cm³/mol. The minimum absolute atomic E-state index is 0.000102. The third kappa shape index (κ3) is 4.07. The van der Waals surface area contributed by atoms with E-state index < -0.39 is 33.0 Å². The fraction of sp³-hybridized carbons (Fsp3) is 0.350. The van der Waals surface area contributed by atoms with Gasteiger partial charge in [0.1, 0.15) is 11.6 Å². The van der Waals surface area contributed by atoms with Crippen LogP contribution in [0.2, 0.25) is 0 Å². The summed E-state index contributed by atoms with van der Waals surface area (Å²) in [5, 5.41) is 2.61. The van der Waals surface area contributed by atoms with Gasteiger partial charge in [-0.2, -0.15) is 0 Å². The van der Waals surface area contributed by atoms with Gasteiger partial charge in [-0.3, -0.25) is 4.79 Å². The number of nitrogens with zero attached hydrogens (tertiary/aromatic N) is 1. The maximum absolute atomic E-state index is 13.5. The summed E-state index contributed by atoms with van der Waals surface area (Å²) in [5.74, 6) is -1.97. The van der Waals surface area contributed by atoms with Crippen molar-refractivity contribution < 1.29 is 22.0 Å². The number of carbonyl (C=O) groups excluding carboxylic acids is 1. The van der Waals surface area contributed by atoms with Crippen molar-refractivity contribution in [3.8, 4) is 0 Å². The molecule has 2 aromatic carbocycles. The Hall–Kier alpha value is -2.32. The van der Waals surface area contributed by atoms with Gasteiger partial charge in [-0.1, -0.05) is 30.3 Å². The maximum Gasteiger partial charge on any atom is 0.235 e. The first-order chi connectivity index (χ1) is 13.3. The van der Waals surface area contributed by atoms with Crippen LogP contribution in [0.3, 0.4) is 0 Å². The van der Waals surface area contributed by atoms with Crippen molar-refractivity contribution in [3.63, 3.8) is 0 Å². The minimum atomic E-state index is -3.35. The molecule has 0 saturated carbocycles. The number of anilines is 1. The van der Waals surface area contributed by atoms with Crippen LogP contribution in [-0.2, 0) is 20.2 Å². The summed E-state index contributed by atoms with van der Waals surface area (Å²) < 4.78 is 52.7. The summed E-state index contributed by atoms with van der Waals surface area (Å²) in [4.78, 5) is 13.2. The van der Waals surface area contributed by atoms with E-state index in [1.165, 1.54) is 4.31 Å². The first kappa shape index (κ1) is 20.4. The Morgan fingerprint density at radius 2 is 1.64 bits per heavy atom. The first-order valence-corrected chi connectivity index (χ1v) is 10.7. The lowest BCUT2D eigenvalue weighted by molar-refractivity contribution is -0.123. The van der Waals surface area contributed by atoms with E-state index in [4.69, 9.17) is 0 Å². The largest absolute Gasteiger partial charge is 0.325 e. The van der Waals surface area contributed by atoms with Crippen molar-refractivity contribution in [2.24, 2.45) is 0 Å². The van der Waals surface area contributed by atoms with E-state index in [1.807, 2.05) is 18.2 Å². The third-order valence-corrected chi connectivity index (χ3v) is 7.10. The van der Waals surface area contributed by atoms with Gasteiger partial charge in [0.25, 0.3) is 0 Å². The molecule has 1 aliphatic heterocycles. The lowest BCUT2D eigenvalue weighted by Gasteiger charge is -2.40. The highest BCUT2D eigenvalue weighted by Crippen LogP contribution is 2.37. The molecule has 1 N–H and O–H groups in total. The van der Waals surface area contributed by atoms with Crippen molar-refractivity contribution >= 4 is 21.6 Å². The average Bonchev–Trinajstić information content (AvgIpc) is 2.68. The monoisotopic (exact) mass is 408 g/mol. The molecule has 1 amide bonds. The number of sulfonamides is 1. The molecule has 3 rings (SSSR count). The molecule has 1 fully saturated rings. The zero-order valence-corrected chi connectivity index (χ0v) is 16.3. The van der Waals surface area contributed by atoms with Crippen LogP contribution in [0.25, 0.3) is 0 Å². The van der Waals surface area contributed by atoms with E-state index in [0.29, 0.717) is 0 Å². The van der Waals surface area contributed by atoms with E-state index in [0.717, 1.165) is 23.8 Å². The Balaban J connectivity index is 1.91. The Morgan fingerprint density at radius 3 is 2.18 bits per heavy atom. The molecule has 28 heavy (non-hydrogen) atoms. The summed E-state index contributed by atoms with van der Waals surface area (Å²) in [7, 11) is -3.35. The molecule has 1 saturated heterocycles. The number of piperidine rings is 1. The standard InChI is InChI=1S/C20H22F2N2O3S/c1-2-28(26,27)24-10-8-20(9-11-24,15-6-4-3-5-7-15)19(25)23-18-13-16(21)12-17(22)14-18/h3-7,12-14H,2,8-11H2,1H3,(H,23,25). The zero-order chi connectivity index (χ0) is 20.4. The van der Waals surface area contributed by atoms with Gasteiger partial charge >= 0.3 is 0 Å². The molecular formula is C20H22F2N2O3S. The van der Waals surface area contributed by atoms with Gasteiger partial charge in [0.2, 0.25) is 15.9 Å². The molecule has 150 valence electrons. The molecule has 0 spiro atoms. The van der Waals surface area contributed by atoms with Crippen LogP contribution >= 0.6 is 0 Å². The molecule has 5 nitrogen and oxygen atoms in total. The Labute approximate surface area is 163 Å². The van der Waals surface area contributed by atoms with E-state index in [2.05, 4.69) is 5.32 Å². The first-order valence-electron chi connectivity index (χ1n) is 9.08. The zero-order valence-electron chi connectivity index (χ0n) is 15.5. The number of benzene rings is 2. The van der Waals surface area contributed by atoms with Crippen molar-refractivity contribution in [2.75, 3.05) is 24.2 Å². The van der Waals surface area contributed by atoms with Crippen LogP contribution in [0.5, 0.6) is 0 Å². The predicted octanol–water partition coefficient (Wildman–Crippen LogP) is 3.29. The van der Waals surface area contributed by atoms with Gasteiger partial charge in [0, 0.05) is 24.8 Å². The van der Waals surface area contributed by atoms with Gasteiger partial charge in [-0.05, 0) is 37.5 Å². The van der Waals surface area contributed by atoms with E-state index in [-0.39, 0.29) is 37.4 Å². The minimum Gasteiger partial charge on any atom is -0.325 e. The van der Waals surface area contributed by atoms with Crippen LogP contribution in [0.4, 0.5) is 14.5 Å². The maximum atomic E-state index is 13.5. The number of nitrogens with one attached hydrogen (secondary N) is 1. The van der Waals surface area contributed by atoms with Crippen LogP contribution in [0.1, 0.15) is 25.3 Å². The fourth-order valence-electron chi connectivity index (χ4n) is 3.61. The van der Waals surface area contributed by atoms with Crippen molar-refractivity contribution in [2.45, 2.75) is 25.2 Å². The number of amides is 1. The van der Waals surface area contributed by atoms with E-state index in [1.54, 1.807) is 19.1 Å². The normalized spacial score (nSPS) is 17.2. The van der Waals surface area contributed by atoms with Crippen LogP contribution < -0.4 is 5.32 Å². The molecule has 0 bridgehead atoms. The van der Waals surface area contributed by atoms with E-state index in [9.17, 15) is 22.0 Å². The lowest BCUT2D eigenvalue weighted by atomic mass is 9.72. The molecular weight excluding hydrogens is 386 g/mol. The Kier molecular flexibility index (Phi) is 5.81. The van der Waals surface area contributed by atoms with Gasteiger partial charge in [0.05, 0.1) is 11.2 Å². The SMILES string of the molecule is CCS(=O)(=O)N1CCC(C(=O)Nc2cc(F)cc(F)c2)(c2ccccc2)CC1. The highest BCUT2D eigenvalue weighted by molar-refractivity contribution is 7.89. The molecule has 1 heterocycles. The van der Waals surface area contributed by atoms with Gasteiger partial charge in [-0.15, -0.1) is 0 Å². The summed E-state index contributed by atoms with van der Waals surface area (Å²) in [6, 6.07) is 11.9. The van der Waals surface area contributed by atoms with Crippen molar-refractivity contribution in [1.82, 2.24) is 4.31 Å². The Bertz CT molecular complexity index is 936. The van der Waals surface area contributed by atoms with Gasteiger partial charge < -0.3 is 5.32 Å². The number of carbonyl (C=O) groups is 1. The molecule has 8 heteroatoms. The molecule has 0 aliphatic carbocycles. The Morgan fingerprint density at radius 1 is 1.07 bits per heavy atom. The molecule has 0 radical (unpaired) electrons. The van der Waals surface area contributed by atoms with Gasteiger partial charge in [0.15, 0.2) is 0 Å². The lowest BCUT2D eigenvalue weighted by Crippen LogP contribution is -2.51. The smallest absolute Gasteiger partial charge is 0.235 e. The number of rotatable bonds is 5. The fourth-order valence-corrected chi connectivity index (χ4v) is 4.71. The second kappa shape index (κ2) is 7.97.